The molecule has 6 heteroatoms. The number of nitrogens with zero attached hydrogens (tertiary/aromatic N) is 5. The second-order valence-corrected chi connectivity index (χ2v) is 8.38. The number of aryl methyl sites for hydroxylation is 3. The molecule has 1 saturated heterocycles. The number of piperidine rings is 1. The van der Waals surface area contributed by atoms with Gasteiger partial charge in [-0.3, -0.25) is 9.48 Å². The lowest BCUT2D eigenvalue weighted by Gasteiger charge is -2.32. The van der Waals surface area contributed by atoms with E-state index in [4.69, 9.17) is 4.98 Å². The Morgan fingerprint density at radius 3 is 2.90 bits per heavy atom. The van der Waals surface area contributed by atoms with Gasteiger partial charge in [-0.2, -0.15) is 5.10 Å². The van der Waals surface area contributed by atoms with Crippen LogP contribution in [0.5, 0.6) is 0 Å². The zero-order chi connectivity index (χ0) is 20.7. The summed E-state index contributed by atoms with van der Waals surface area (Å²) in [5.41, 5.74) is 4.48. The fourth-order valence-corrected chi connectivity index (χ4v) is 4.66. The van der Waals surface area contributed by atoms with E-state index in [9.17, 15) is 4.79 Å². The van der Waals surface area contributed by atoms with Gasteiger partial charge < -0.3 is 9.47 Å². The first kappa shape index (κ1) is 18.9. The van der Waals surface area contributed by atoms with Crippen molar-refractivity contribution in [1.29, 1.82) is 0 Å². The number of carbonyl (C=O) groups is 1. The molecule has 1 amide bonds. The summed E-state index contributed by atoms with van der Waals surface area (Å²) in [4.78, 5) is 19.9. The fraction of sp³-hybridized carbons (Fsp3) is 0.375. The molecule has 0 saturated carbocycles. The van der Waals surface area contributed by atoms with Gasteiger partial charge in [0.15, 0.2) is 0 Å². The lowest BCUT2D eigenvalue weighted by Crippen LogP contribution is -2.40. The van der Waals surface area contributed by atoms with Crippen molar-refractivity contribution in [2.45, 2.75) is 38.6 Å². The molecule has 0 spiro atoms. The molecule has 2 aromatic carbocycles. The summed E-state index contributed by atoms with van der Waals surface area (Å²) < 4.78 is 4.14. The van der Waals surface area contributed by atoms with Gasteiger partial charge in [0.2, 0.25) is 5.91 Å². The van der Waals surface area contributed by atoms with Crippen LogP contribution in [-0.4, -0.2) is 43.2 Å². The number of fused-ring (bicyclic) bond motifs is 2. The number of carbonyl (C=O) groups excluding carboxylic acids is 1. The summed E-state index contributed by atoms with van der Waals surface area (Å²) in [5.74, 6) is 1.57. The molecular formula is C24H27N5O. The van der Waals surface area contributed by atoms with Crippen molar-refractivity contribution in [3.63, 3.8) is 0 Å². The summed E-state index contributed by atoms with van der Waals surface area (Å²) in [6, 6.07) is 14.5. The van der Waals surface area contributed by atoms with Gasteiger partial charge in [0, 0.05) is 37.9 Å². The van der Waals surface area contributed by atoms with E-state index in [2.05, 4.69) is 54.0 Å². The quantitative estimate of drug-likeness (QED) is 0.519. The molecule has 0 bridgehead atoms. The summed E-state index contributed by atoms with van der Waals surface area (Å²) >= 11 is 0. The van der Waals surface area contributed by atoms with Crippen molar-refractivity contribution in [1.82, 2.24) is 24.2 Å². The molecule has 4 aromatic rings. The van der Waals surface area contributed by atoms with Gasteiger partial charge in [0.05, 0.1) is 29.3 Å². The zero-order valence-corrected chi connectivity index (χ0v) is 17.6. The van der Waals surface area contributed by atoms with Gasteiger partial charge in [-0.15, -0.1) is 0 Å². The Bertz CT molecular complexity index is 1220. The number of aromatic nitrogens is 4. The van der Waals surface area contributed by atoms with E-state index in [1.54, 1.807) is 0 Å². The topological polar surface area (TPSA) is 56.0 Å². The lowest BCUT2D eigenvalue weighted by molar-refractivity contribution is -0.132. The summed E-state index contributed by atoms with van der Waals surface area (Å²) in [6.45, 7) is 4.27. The fourth-order valence-electron chi connectivity index (χ4n) is 4.66. The van der Waals surface area contributed by atoms with Gasteiger partial charge in [0.25, 0.3) is 0 Å². The van der Waals surface area contributed by atoms with Crippen LogP contribution in [0.3, 0.4) is 0 Å². The van der Waals surface area contributed by atoms with Gasteiger partial charge in [-0.1, -0.05) is 24.3 Å². The van der Waals surface area contributed by atoms with Gasteiger partial charge in [-0.25, -0.2) is 4.98 Å². The Hall–Kier alpha value is -3.15. The van der Waals surface area contributed by atoms with Crippen molar-refractivity contribution >= 4 is 27.8 Å². The van der Waals surface area contributed by atoms with E-state index < -0.39 is 0 Å². The highest BCUT2D eigenvalue weighted by molar-refractivity contribution is 5.80. The van der Waals surface area contributed by atoms with Gasteiger partial charge in [-0.05, 0) is 43.5 Å². The first-order chi connectivity index (χ1) is 14.6. The molecule has 3 heterocycles. The molecule has 6 nitrogen and oxygen atoms in total. The Labute approximate surface area is 176 Å². The van der Waals surface area contributed by atoms with Crippen molar-refractivity contribution in [3.8, 4) is 0 Å². The molecule has 0 radical (unpaired) electrons. The molecule has 1 aliphatic heterocycles. The number of likely N-dealkylation sites (tertiary alicyclic amines) is 1. The largest absolute Gasteiger partial charge is 0.342 e. The van der Waals surface area contributed by atoms with Crippen LogP contribution in [0.25, 0.3) is 21.9 Å². The minimum Gasteiger partial charge on any atom is -0.342 e. The maximum atomic E-state index is 13.0. The molecule has 5 rings (SSSR count). The molecule has 154 valence electrons. The number of hydrogen-bond donors (Lipinski definition) is 0. The first-order valence-electron chi connectivity index (χ1n) is 10.7. The third-order valence-electron chi connectivity index (χ3n) is 6.30. The van der Waals surface area contributed by atoms with Crippen molar-refractivity contribution in [2.24, 2.45) is 7.05 Å². The predicted molar refractivity (Wildman–Crippen MR) is 118 cm³/mol. The maximum Gasteiger partial charge on any atom is 0.224 e. The van der Waals surface area contributed by atoms with Gasteiger partial charge in [0.1, 0.15) is 5.82 Å². The van der Waals surface area contributed by atoms with Crippen LogP contribution in [0.1, 0.15) is 36.6 Å². The van der Waals surface area contributed by atoms with Crippen LogP contribution in [-0.2, 0) is 18.4 Å². The Kier molecular flexibility index (Phi) is 4.77. The number of para-hydroxylation sites is 2. The predicted octanol–water partition coefficient (Wildman–Crippen LogP) is 4.03. The van der Waals surface area contributed by atoms with E-state index in [0.717, 1.165) is 53.7 Å². The second-order valence-electron chi connectivity index (χ2n) is 8.38. The van der Waals surface area contributed by atoms with Crippen LogP contribution in [0, 0.1) is 6.92 Å². The highest BCUT2D eigenvalue weighted by Crippen LogP contribution is 2.29. The molecule has 0 aliphatic carbocycles. The summed E-state index contributed by atoms with van der Waals surface area (Å²) in [7, 11) is 2.08. The van der Waals surface area contributed by atoms with Crippen LogP contribution >= 0.6 is 0 Å². The van der Waals surface area contributed by atoms with Crippen molar-refractivity contribution < 1.29 is 4.79 Å². The average molecular weight is 402 g/mol. The Morgan fingerprint density at radius 2 is 2.03 bits per heavy atom. The second kappa shape index (κ2) is 7.59. The van der Waals surface area contributed by atoms with E-state index >= 15 is 0 Å². The molecule has 1 aliphatic rings. The van der Waals surface area contributed by atoms with E-state index in [1.165, 1.54) is 5.56 Å². The minimum absolute atomic E-state index is 0.203. The summed E-state index contributed by atoms with van der Waals surface area (Å²) in [6.07, 6.45) is 4.44. The lowest BCUT2D eigenvalue weighted by atomic mass is 9.97. The van der Waals surface area contributed by atoms with Gasteiger partial charge >= 0.3 is 0 Å². The monoisotopic (exact) mass is 401 g/mol. The standard InChI is InChI=1S/C24H27N5O/c1-17-9-10-18-15-25-29(22(18)14-17)13-11-23(30)28-12-5-6-19(16-28)24-26-20-7-3-4-8-21(20)27(24)2/h3-4,7-10,14-15,19H,5-6,11-13,16H2,1-2H3. The number of imidazole rings is 1. The molecule has 1 fully saturated rings. The van der Waals surface area contributed by atoms with E-state index in [0.29, 0.717) is 13.0 Å². The van der Waals surface area contributed by atoms with Crippen LogP contribution < -0.4 is 0 Å². The summed E-state index contributed by atoms with van der Waals surface area (Å²) in [5, 5.41) is 5.60. The Morgan fingerprint density at radius 1 is 1.17 bits per heavy atom. The SMILES string of the molecule is Cc1ccc2cnn(CCC(=O)N3CCCC(c4nc5ccccc5n4C)C3)c2c1. The zero-order valence-electron chi connectivity index (χ0n) is 17.6. The van der Waals surface area contributed by atoms with Crippen molar-refractivity contribution in [3.05, 3.63) is 60.0 Å². The third kappa shape index (κ3) is 3.36. The molecule has 30 heavy (non-hydrogen) atoms. The molecule has 1 unspecified atom stereocenters. The first-order valence-corrected chi connectivity index (χ1v) is 10.7. The van der Waals surface area contributed by atoms with Crippen LogP contribution in [0.2, 0.25) is 0 Å². The van der Waals surface area contributed by atoms with E-state index in [1.807, 2.05) is 27.9 Å². The van der Waals surface area contributed by atoms with E-state index in [-0.39, 0.29) is 11.8 Å². The highest BCUT2D eigenvalue weighted by Gasteiger charge is 2.27. The number of hydrogen-bond acceptors (Lipinski definition) is 3. The molecular weight excluding hydrogens is 374 g/mol. The highest BCUT2D eigenvalue weighted by atomic mass is 16.2. The number of benzene rings is 2. The minimum atomic E-state index is 0.203. The molecule has 0 N–H and O–H groups in total. The smallest absolute Gasteiger partial charge is 0.224 e. The maximum absolute atomic E-state index is 13.0. The number of rotatable bonds is 4. The normalized spacial score (nSPS) is 17.1. The number of amides is 1. The third-order valence-corrected chi connectivity index (χ3v) is 6.30. The molecule has 1 atom stereocenters. The Balaban J connectivity index is 1.29. The van der Waals surface area contributed by atoms with Crippen LogP contribution in [0.15, 0.2) is 48.7 Å². The van der Waals surface area contributed by atoms with Crippen molar-refractivity contribution in [2.75, 3.05) is 13.1 Å². The average Bonchev–Trinajstić information content (AvgIpc) is 3.33. The molecule has 2 aromatic heterocycles. The van der Waals surface area contributed by atoms with Crippen LogP contribution in [0.4, 0.5) is 0 Å².